The summed E-state index contributed by atoms with van der Waals surface area (Å²) >= 11 is 0. The minimum atomic E-state index is -0.223. The molecule has 0 radical (unpaired) electrons. The Bertz CT molecular complexity index is 1070. The van der Waals surface area contributed by atoms with E-state index in [4.69, 9.17) is 4.74 Å². The number of carbonyl (C=O) groups excluding carboxylic acids is 2. The first kappa shape index (κ1) is 20.1. The van der Waals surface area contributed by atoms with Crippen LogP contribution in [0.25, 0.3) is 5.65 Å². The van der Waals surface area contributed by atoms with Crippen molar-refractivity contribution < 1.29 is 14.3 Å². The molecular formula is C23H26N4O3. The normalized spacial score (nSPS) is 16.0. The number of amides is 2. The van der Waals surface area contributed by atoms with Crippen LogP contribution in [0.3, 0.4) is 0 Å². The number of hydrogen-bond donors (Lipinski definition) is 1. The second-order valence-corrected chi connectivity index (χ2v) is 7.73. The second kappa shape index (κ2) is 8.67. The quantitative estimate of drug-likeness (QED) is 0.682. The SMILES string of the molecule is Cc1cccc(NC(=O)CN(CC2CCCO2)C(=O)c2ccc3nccn3c2)c1C. The summed E-state index contributed by atoms with van der Waals surface area (Å²) in [7, 11) is 0. The van der Waals surface area contributed by atoms with Crippen LogP contribution in [-0.2, 0) is 9.53 Å². The van der Waals surface area contributed by atoms with E-state index in [1.807, 2.05) is 32.0 Å². The van der Waals surface area contributed by atoms with E-state index in [1.165, 1.54) is 0 Å². The molecule has 1 N–H and O–H groups in total. The van der Waals surface area contributed by atoms with Crippen LogP contribution in [0.1, 0.15) is 34.3 Å². The number of rotatable bonds is 6. The number of nitrogens with one attached hydrogen (secondary N) is 1. The number of hydrogen-bond acceptors (Lipinski definition) is 4. The Morgan fingerprint density at radius 1 is 1.27 bits per heavy atom. The third-order valence-electron chi connectivity index (χ3n) is 5.58. The van der Waals surface area contributed by atoms with Gasteiger partial charge in [0.15, 0.2) is 0 Å². The zero-order valence-corrected chi connectivity index (χ0v) is 17.3. The molecule has 1 atom stereocenters. The first-order valence-corrected chi connectivity index (χ1v) is 10.2. The topological polar surface area (TPSA) is 75.9 Å². The zero-order valence-electron chi connectivity index (χ0n) is 17.3. The third kappa shape index (κ3) is 4.36. The van der Waals surface area contributed by atoms with E-state index in [9.17, 15) is 9.59 Å². The molecule has 1 aliphatic heterocycles. The number of imidazole rings is 1. The summed E-state index contributed by atoms with van der Waals surface area (Å²) < 4.78 is 7.52. The number of ether oxygens (including phenoxy) is 1. The lowest BCUT2D eigenvalue weighted by molar-refractivity contribution is -0.117. The molecule has 0 bridgehead atoms. The first-order chi connectivity index (χ1) is 14.5. The molecule has 1 unspecified atom stereocenters. The summed E-state index contributed by atoms with van der Waals surface area (Å²) in [5, 5.41) is 2.95. The van der Waals surface area contributed by atoms with Crippen molar-refractivity contribution in [3.63, 3.8) is 0 Å². The van der Waals surface area contributed by atoms with Gasteiger partial charge in [0.2, 0.25) is 5.91 Å². The van der Waals surface area contributed by atoms with Crippen LogP contribution in [0.2, 0.25) is 0 Å². The number of aromatic nitrogens is 2. The molecule has 3 heterocycles. The molecule has 1 fully saturated rings. The highest BCUT2D eigenvalue weighted by atomic mass is 16.5. The van der Waals surface area contributed by atoms with Crippen molar-refractivity contribution in [1.29, 1.82) is 0 Å². The van der Waals surface area contributed by atoms with Crippen molar-refractivity contribution in [1.82, 2.24) is 14.3 Å². The van der Waals surface area contributed by atoms with Gasteiger partial charge in [-0.15, -0.1) is 0 Å². The molecule has 7 heteroatoms. The van der Waals surface area contributed by atoms with Gasteiger partial charge in [-0.2, -0.15) is 0 Å². The number of carbonyl (C=O) groups is 2. The van der Waals surface area contributed by atoms with Crippen molar-refractivity contribution in [2.75, 3.05) is 25.0 Å². The highest BCUT2D eigenvalue weighted by Gasteiger charge is 2.25. The van der Waals surface area contributed by atoms with E-state index in [2.05, 4.69) is 10.3 Å². The van der Waals surface area contributed by atoms with Gasteiger partial charge in [-0.1, -0.05) is 12.1 Å². The van der Waals surface area contributed by atoms with Crippen molar-refractivity contribution in [2.45, 2.75) is 32.8 Å². The molecule has 30 heavy (non-hydrogen) atoms. The smallest absolute Gasteiger partial charge is 0.255 e. The molecule has 156 valence electrons. The lowest BCUT2D eigenvalue weighted by Gasteiger charge is -2.25. The van der Waals surface area contributed by atoms with Crippen LogP contribution >= 0.6 is 0 Å². The number of nitrogens with zero attached hydrogens (tertiary/aromatic N) is 3. The second-order valence-electron chi connectivity index (χ2n) is 7.73. The molecule has 7 nitrogen and oxygen atoms in total. The molecule has 0 aliphatic carbocycles. The Hall–Kier alpha value is -3.19. The van der Waals surface area contributed by atoms with Crippen molar-refractivity contribution in [2.24, 2.45) is 0 Å². The van der Waals surface area contributed by atoms with Gasteiger partial charge in [0.05, 0.1) is 11.7 Å². The maximum Gasteiger partial charge on any atom is 0.255 e. The summed E-state index contributed by atoms with van der Waals surface area (Å²) in [5.74, 6) is -0.420. The van der Waals surface area contributed by atoms with E-state index in [0.29, 0.717) is 18.7 Å². The molecule has 3 aromatic rings. The lowest BCUT2D eigenvalue weighted by Crippen LogP contribution is -2.42. The predicted octanol–water partition coefficient (Wildman–Crippen LogP) is 3.21. The van der Waals surface area contributed by atoms with Gasteiger partial charge in [0, 0.05) is 37.4 Å². The van der Waals surface area contributed by atoms with E-state index < -0.39 is 0 Å². The van der Waals surface area contributed by atoms with Gasteiger partial charge in [-0.25, -0.2) is 4.98 Å². The Morgan fingerprint density at radius 2 is 2.13 bits per heavy atom. The number of benzene rings is 1. The van der Waals surface area contributed by atoms with Crippen LogP contribution in [-0.4, -0.2) is 51.9 Å². The maximum atomic E-state index is 13.3. The fraction of sp³-hybridized carbons (Fsp3) is 0.348. The number of anilines is 1. The van der Waals surface area contributed by atoms with Gasteiger partial charge in [0.1, 0.15) is 12.2 Å². The fourth-order valence-electron chi connectivity index (χ4n) is 3.73. The molecular weight excluding hydrogens is 380 g/mol. The number of aryl methyl sites for hydroxylation is 1. The van der Waals surface area contributed by atoms with E-state index in [1.54, 1.807) is 40.0 Å². The summed E-state index contributed by atoms with van der Waals surface area (Å²) in [5.41, 5.74) is 4.18. The third-order valence-corrected chi connectivity index (χ3v) is 5.58. The molecule has 1 aromatic carbocycles. The van der Waals surface area contributed by atoms with Gasteiger partial charge in [-0.05, 0) is 56.0 Å². The zero-order chi connectivity index (χ0) is 21.1. The minimum Gasteiger partial charge on any atom is -0.376 e. The number of pyridine rings is 1. The lowest BCUT2D eigenvalue weighted by atomic mass is 10.1. The summed E-state index contributed by atoms with van der Waals surface area (Å²) in [4.78, 5) is 31.9. The molecule has 2 amide bonds. The molecule has 2 aromatic heterocycles. The van der Waals surface area contributed by atoms with Crippen LogP contribution in [0.5, 0.6) is 0 Å². The molecule has 1 aliphatic rings. The minimum absolute atomic E-state index is 0.0337. The average Bonchev–Trinajstić information content (AvgIpc) is 3.41. The van der Waals surface area contributed by atoms with Crippen molar-refractivity contribution >= 4 is 23.1 Å². The van der Waals surface area contributed by atoms with Gasteiger partial charge in [-0.3, -0.25) is 9.59 Å². The summed E-state index contributed by atoms with van der Waals surface area (Å²) in [6.07, 6.45) is 7.05. The Kier molecular flexibility index (Phi) is 5.81. The summed E-state index contributed by atoms with van der Waals surface area (Å²) in [6.45, 7) is 5.03. The standard InChI is InChI=1S/C23H26N4O3/c1-16-5-3-7-20(17(16)2)25-22(28)15-27(14-19-6-4-12-30-19)23(29)18-8-9-21-24-10-11-26(21)13-18/h3,5,7-11,13,19H,4,6,12,14-15H2,1-2H3,(H,25,28). The van der Waals surface area contributed by atoms with Crippen LogP contribution in [0, 0.1) is 13.8 Å². The largest absolute Gasteiger partial charge is 0.376 e. The van der Waals surface area contributed by atoms with E-state index >= 15 is 0 Å². The average molecular weight is 406 g/mol. The van der Waals surface area contributed by atoms with Crippen molar-refractivity contribution in [3.8, 4) is 0 Å². The predicted molar refractivity (Wildman–Crippen MR) is 115 cm³/mol. The van der Waals surface area contributed by atoms with Gasteiger partial charge in [0.25, 0.3) is 5.91 Å². The first-order valence-electron chi connectivity index (χ1n) is 10.2. The molecule has 0 saturated carbocycles. The fourth-order valence-corrected chi connectivity index (χ4v) is 3.73. The molecule has 4 rings (SSSR count). The highest BCUT2D eigenvalue weighted by molar-refractivity contribution is 5.99. The molecule has 0 spiro atoms. The Labute approximate surface area is 175 Å². The van der Waals surface area contributed by atoms with Crippen LogP contribution in [0.15, 0.2) is 48.9 Å². The van der Waals surface area contributed by atoms with E-state index in [-0.39, 0.29) is 24.5 Å². The molecule has 1 saturated heterocycles. The van der Waals surface area contributed by atoms with Gasteiger partial charge >= 0.3 is 0 Å². The number of fused-ring (bicyclic) bond motifs is 1. The van der Waals surface area contributed by atoms with E-state index in [0.717, 1.165) is 35.3 Å². The van der Waals surface area contributed by atoms with Crippen LogP contribution < -0.4 is 5.32 Å². The Balaban J connectivity index is 1.53. The monoisotopic (exact) mass is 406 g/mol. The van der Waals surface area contributed by atoms with Crippen LogP contribution in [0.4, 0.5) is 5.69 Å². The van der Waals surface area contributed by atoms with Crippen molar-refractivity contribution in [3.05, 3.63) is 65.6 Å². The highest BCUT2D eigenvalue weighted by Crippen LogP contribution is 2.19. The summed E-state index contributed by atoms with van der Waals surface area (Å²) in [6, 6.07) is 9.33. The van der Waals surface area contributed by atoms with Gasteiger partial charge < -0.3 is 19.4 Å². The maximum absolute atomic E-state index is 13.3. The Morgan fingerprint density at radius 3 is 2.93 bits per heavy atom.